The maximum atomic E-state index is 13.6. The van der Waals surface area contributed by atoms with Crippen molar-refractivity contribution < 1.29 is 4.79 Å². The number of hydrogen-bond donors (Lipinski definition) is 1. The highest BCUT2D eigenvalue weighted by Crippen LogP contribution is 2.73. The molecule has 5 fully saturated rings. The van der Waals surface area contributed by atoms with Crippen LogP contribution < -0.4 is 5.73 Å². The molecule has 1 amide bonds. The maximum absolute atomic E-state index is 13.6. The Kier molecular flexibility index (Phi) is 5.61. The van der Waals surface area contributed by atoms with E-state index in [2.05, 4.69) is 69.7 Å². The van der Waals surface area contributed by atoms with Crippen molar-refractivity contribution in [3.8, 4) is 0 Å². The van der Waals surface area contributed by atoms with Crippen LogP contribution in [0.15, 0.2) is 35.3 Å². The summed E-state index contributed by atoms with van der Waals surface area (Å²) in [5, 5.41) is 0.637. The van der Waals surface area contributed by atoms with E-state index in [9.17, 15) is 4.79 Å². The Labute approximate surface area is 192 Å². The number of benzene rings is 1. The van der Waals surface area contributed by atoms with Gasteiger partial charge in [0.25, 0.3) is 5.91 Å². The summed E-state index contributed by atoms with van der Waals surface area (Å²) >= 11 is 4.57. The van der Waals surface area contributed by atoms with Crippen LogP contribution in [0, 0.1) is 23.2 Å². The molecule has 0 aliphatic heterocycles. The first-order valence-corrected chi connectivity index (χ1v) is 13.7. The van der Waals surface area contributed by atoms with Crippen LogP contribution in [-0.2, 0) is 10.2 Å². The van der Waals surface area contributed by atoms with Gasteiger partial charge in [0.2, 0.25) is 0 Å². The number of aliphatic imine (C=N–C) groups is 1. The predicted molar refractivity (Wildman–Crippen MR) is 130 cm³/mol. The third kappa shape index (κ3) is 3.43. The topological polar surface area (TPSA) is 55.4 Å². The highest BCUT2D eigenvalue weighted by atomic mass is 127. The summed E-state index contributed by atoms with van der Waals surface area (Å²) in [6.07, 6.45) is 10.8. The van der Waals surface area contributed by atoms with E-state index < -0.39 is 0 Å². The summed E-state index contributed by atoms with van der Waals surface area (Å²) in [7, 11) is 0. The van der Waals surface area contributed by atoms with Crippen LogP contribution in [0.3, 0.4) is 0 Å². The first kappa shape index (κ1) is 20.5. The third-order valence-electron chi connectivity index (χ3n) is 8.40. The van der Waals surface area contributed by atoms with E-state index in [0.717, 1.165) is 42.3 Å². The van der Waals surface area contributed by atoms with Crippen LogP contribution in [0.4, 0.5) is 0 Å². The monoisotopic (exact) mass is 522 g/mol. The molecule has 0 radical (unpaired) electrons. The summed E-state index contributed by atoms with van der Waals surface area (Å²) in [6.45, 7) is 0. The highest BCUT2D eigenvalue weighted by molar-refractivity contribution is 14.1. The summed E-state index contributed by atoms with van der Waals surface area (Å²) in [4.78, 5) is 18.3. The summed E-state index contributed by atoms with van der Waals surface area (Å²) in [5.74, 6) is 1.78. The number of carbonyl (C=O) groups excluding carboxylic acids is 1. The zero-order valence-electron chi connectivity index (χ0n) is 16.9. The van der Waals surface area contributed by atoms with E-state index in [0.29, 0.717) is 29.0 Å². The van der Waals surface area contributed by atoms with Crippen LogP contribution in [-0.4, -0.2) is 27.2 Å². The van der Waals surface area contributed by atoms with Crippen molar-refractivity contribution in [3.05, 3.63) is 35.9 Å². The third-order valence-corrected chi connectivity index (χ3v) is 10.7. The molecule has 0 saturated heterocycles. The van der Waals surface area contributed by atoms with Gasteiger partial charge in [0.05, 0.1) is 5.41 Å². The Balaban J connectivity index is 1.41. The number of carbonyl (C=O) groups is 1. The Morgan fingerprint density at radius 2 is 1.93 bits per heavy atom. The molecule has 156 valence electrons. The second kappa shape index (κ2) is 7.94. The van der Waals surface area contributed by atoms with Crippen molar-refractivity contribution in [3.63, 3.8) is 0 Å². The molecule has 0 aromatic heterocycles. The van der Waals surface area contributed by atoms with Crippen molar-refractivity contribution in [2.24, 2.45) is 33.9 Å². The molecule has 5 aliphatic rings. The largest absolute Gasteiger partial charge is 0.328 e. The lowest BCUT2D eigenvalue weighted by atomic mass is 9.63. The van der Waals surface area contributed by atoms with Crippen LogP contribution in [0.25, 0.3) is 0 Å². The standard InChI is InChI=1S/C24H31IN2OS/c25-15-29-21-17-10-23(18-4-2-1-3-5-18)12-20(21)24(11-17,14-23)22(28)27-13-16-6-8-19(26)9-7-16/h1-5,13,16-17,19-21H,6-12,14-15,26H2/b27-13+. The SMILES string of the molecule is NC1CCC(/C=N/C(=O)C23CC4CC(c5ccccc5)(CC2C4SCI)C3)CC1. The molecule has 5 heteroatoms. The van der Waals surface area contributed by atoms with E-state index in [1.165, 1.54) is 18.4 Å². The molecule has 0 spiro atoms. The summed E-state index contributed by atoms with van der Waals surface area (Å²) in [5.41, 5.74) is 7.47. The smallest absolute Gasteiger partial charge is 0.251 e. The van der Waals surface area contributed by atoms with Gasteiger partial charge >= 0.3 is 0 Å². The molecular weight excluding hydrogens is 491 g/mol. The fraction of sp³-hybridized carbons (Fsp3) is 0.667. The molecule has 6 rings (SSSR count). The molecule has 1 aromatic carbocycles. The first-order chi connectivity index (χ1) is 14.1. The Morgan fingerprint density at radius 3 is 2.66 bits per heavy atom. The average Bonchev–Trinajstić information content (AvgIpc) is 3.11. The van der Waals surface area contributed by atoms with Crippen molar-refractivity contribution in [1.82, 2.24) is 0 Å². The summed E-state index contributed by atoms with van der Waals surface area (Å²) in [6, 6.07) is 11.4. The molecule has 5 saturated carbocycles. The fourth-order valence-electron chi connectivity index (χ4n) is 7.21. The van der Waals surface area contributed by atoms with Crippen LogP contribution in [0.2, 0.25) is 0 Å². The normalized spacial score (nSPS) is 43.3. The molecular formula is C24H31IN2OS. The van der Waals surface area contributed by atoms with Gasteiger partial charge in [0.15, 0.2) is 0 Å². The van der Waals surface area contributed by atoms with Crippen molar-refractivity contribution in [2.45, 2.75) is 68.1 Å². The van der Waals surface area contributed by atoms with Gasteiger partial charge in [-0.2, -0.15) is 0 Å². The number of nitrogens with two attached hydrogens (primary N) is 1. The molecule has 5 atom stereocenters. The molecule has 29 heavy (non-hydrogen) atoms. The second-order valence-corrected chi connectivity index (χ2v) is 12.9. The minimum Gasteiger partial charge on any atom is -0.328 e. The minimum absolute atomic E-state index is 0.191. The predicted octanol–water partition coefficient (Wildman–Crippen LogP) is 5.35. The number of rotatable bonds is 5. The number of halogens is 1. The number of thioether (sulfide) groups is 1. The van der Waals surface area contributed by atoms with Gasteiger partial charge in [0, 0.05) is 21.3 Å². The number of amides is 1. The molecule has 4 bridgehead atoms. The summed E-state index contributed by atoms with van der Waals surface area (Å²) < 4.78 is 1.11. The van der Waals surface area contributed by atoms with Crippen LogP contribution >= 0.6 is 34.4 Å². The van der Waals surface area contributed by atoms with E-state index in [4.69, 9.17) is 5.73 Å². The molecule has 0 heterocycles. The van der Waals surface area contributed by atoms with Crippen molar-refractivity contribution in [1.29, 1.82) is 0 Å². The van der Waals surface area contributed by atoms with Gasteiger partial charge < -0.3 is 5.73 Å². The minimum atomic E-state index is -0.218. The second-order valence-electron chi connectivity index (χ2n) is 9.96. The van der Waals surface area contributed by atoms with Crippen LogP contribution in [0.5, 0.6) is 0 Å². The lowest BCUT2D eigenvalue weighted by Crippen LogP contribution is -2.38. The van der Waals surface area contributed by atoms with Gasteiger partial charge in [-0.3, -0.25) is 4.79 Å². The Morgan fingerprint density at radius 1 is 1.17 bits per heavy atom. The molecule has 2 N–H and O–H groups in total. The maximum Gasteiger partial charge on any atom is 0.251 e. The quantitative estimate of drug-likeness (QED) is 0.322. The van der Waals surface area contributed by atoms with Gasteiger partial charge in [-0.25, -0.2) is 4.99 Å². The van der Waals surface area contributed by atoms with Crippen molar-refractivity contribution in [2.75, 3.05) is 3.76 Å². The fourth-order valence-corrected chi connectivity index (χ4v) is 9.65. The lowest BCUT2D eigenvalue weighted by molar-refractivity contribution is -0.129. The molecule has 5 aliphatic carbocycles. The Hall–Kier alpha value is -0.400. The first-order valence-electron chi connectivity index (χ1n) is 11.1. The zero-order valence-corrected chi connectivity index (χ0v) is 19.9. The zero-order chi connectivity index (χ0) is 20.1. The van der Waals surface area contributed by atoms with E-state index in [1.807, 2.05) is 6.21 Å². The van der Waals surface area contributed by atoms with Gasteiger partial charge in [-0.1, -0.05) is 52.9 Å². The lowest BCUT2D eigenvalue weighted by Gasteiger charge is -2.42. The highest BCUT2D eigenvalue weighted by Gasteiger charge is 2.70. The number of alkyl halides is 1. The number of nitrogens with zero attached hydrogens (tertiary/aromatic N) is 1. The molecule has 1 aromatic rings. The van der Waals surface area contributed by atoms with E-state index in [1.54, 1.807) is 0 Å². The van der Waals surface area contributed by atoms with E-state index in [-0.39, 0.29) is 16.7 Å². The molecule has 5 unspecified atom stereocenters. The molecule has 3 nitrogen and oxygen atoms in total. The van der Waals surface area contributed by atoms with Crippen LogP contribution in [0.1, 0.15) is 56.9 Å². The van der Waals surface area contributed by atoms with Crippen molar-refractivity contribution >= 4 is 46.5 Å². The van der Waals surface area contributed by atoms with Gasteiger partial charge in [-0.15, -0.1) is 11.8 Å². The number of hydrogen-bond acceptors (Lipinski definition) is 3. The Bertz CT molecular complexity index is 793. The van der Waals surface area contributed by atoms with E-state index >= 15 is 0 Å². The van der Waals surface area contributed by atoms with Gasteiger partial charge in [0.1, 0.15) is 0 Å². The average molecular weight is 522 g/mol. The van der Waals surface area contributed by atoms with Gasteiger partial charge in [-0.05, 0) is 80.1 Å².